The summed E-state index contributed by atoms with van der Waals surface area (Å²) in [6, 6.07) is 0. The number of rotatable bonds is 6. The van der Waals surface area contributed by atoms with Crippen molar-refractivity contribution in [1.82, 2.24) is 4.90 Å². The fourth-order valence-corrected chi connectivity index (χ4v) is 2.04. The summed E-state index contributed by atoms with van der Waals surface area (Å²) in [7, 11) is 0. The highest BCUT2D eigenvalue weighted by molar-refractivity contribution is 5.66. The van der Waals surface area contributed by atoms with Crippen molar-refractivity contribution in [3.05, 3.63) is 0 Å². The molecule has 15 heavy (non-hydrogen) atoms. The Kier molecular flexibility index (Phi) is 4.14. The summed E-state index contributed by atoms with van der Waals surface area (Å²) in [5.41, 5.74) is 0.164. The maximum absolute atomic E-state index is 10.5. The maximum Gasteiger partial charge on any atom is 0.303 e. The lowest BCUT2D eigenvalue weighted by molar-refractivity contribution is -0.137. The Labute approximate surface area is 92.5 Å². The molecule has 0 spiro atoms. The van der Waals surface area contributed by atoms with Gasteiger partial charge < -0.3 is 10.0 Å². The molecule has 0 atom stereocenters. The molecule has 88 valence electrons. The van der Waals surface area contributed by atoms with Crippen LogP contribution in [0, 0.1) is 11.3 Å². The van der Waals surface area contributed by atoms with Gasteiger partial charge in [-0.15, -0.1) is 0 Å². The molecular formula is C12H23NO2. The molecule has 1 heterocycles. The van der Waals surface area contributed by atoms with E-state index in [9.17, 15) is 4.79 Å². The number of carboxylic acids is 1. The van der Waals surface area contributed by atoms with Crippen molar-refractivity contribution >= 4 is 5.97 Å². The molecule has 0 bridgehead atoms. The molecule has 3 heteroatoms. The van der Waals surface area contributed by atoms with Crippen LogP contribution in [0.3, 0.4) is 0 Å². The minimum absolute atomic E-state index is 0.164. The molecule has 1 fully saturated rings. The summed E-state index contributed by atoms with van der Waals surface area (Å²) in [5.74, 6) is 0.174. The zero-order chi connectivity index (χ0) is 11.5. The second-order valence-corrected chi connectivity index (χ2v) is 5.67. The average Bonchev–Trinajstić information content (AvgIpc) is 2.08. The zero-order valence-corrected chi connectivity index (χ0v) is 10.1. The standard InChI is InChI=1S/C12H23NO2/c1-10-8-13(9-10)7-6-12(2,3)5-4-11(14)15/h10H,4-9H2,1-3H3,(H,14,15). The van der Waals surface area contributed by atoms with Gasteiger partial charge in [-0.1, -0.05) is 20.8 Å². The van der Waals surface area contributed by atoms with Crippen LogP contribution in [-0.2, 0) is 4.79 Å². The van der Waals surface area contributed by atoms with Crippen molar-refractivity contribution in [1.29, 1.82) is 0 Å². The van der Waals surface area contributed by atoms with Crippen LogP contribution >= 0.6 is 0 Å². The van der Waals surface area contributed by atoms with Gasteiger partial charge in [0.25, 0.3) is 0 Å². The van der Waals surface area contributed by atoms with Gasteiger partial charge in [0.1, 0.15) is 0 Å². The van der Waals surface area contributed by atoms with Crippen LogP contribution in [0.25, 0.3) is 0 Å². The molecule has 0 aromatic carbocycles. The number of carboxylic acid groups (broad SMARTS) is 1. The van der Waals surface area contributed by atoms with Crippen molar-refractivity contribution < 1.29 is 9.90 Å². The Morgan fingerprint density at radius 3 is 2.47 bits per heavy atom. The van der Waals surface area contributed by atoms with Crippen molar-refractivity contribution in [2.24, 2.45) is 11.3 Å². The van der Waals surface area contributed by atoms with Crippen molar-refractivity contribution in [2.75, 3.05) is 19.6 Å². The molecule has 0 radical (unpaired) electrons. The van der Waals surface area contributed by atoms with E-state index in [1.165, 1.54) is 13.1 Å². The van der Waals surface area contributed by atoms with Gasteiger partial charge >= 0.3 is 5.97 Å². The van der Waals surface area contributed by atoms with Gasteiger partial charge in [-0.2, -0.15) is 0 Å². The third-order valence-corrected chi connectivity index (χ3v) is 3.26. The zero-order valence-electron chi connectivity index (χ0n) is 10.1. The van der Waals surface area contributed by atoms with Crippen LogP contribution in [0.15, 0.2) is 0 Å². The highest BCUT2D eigenvalue weighted by Crippen LogP contribution is 2.28. The molecule has 0 aliphatic carbocycles. The molecule has 1 rings (SSSR count). The predicted octanol–water partition coefficient (Wildman–Crippen LogP) is 2.22. The number of hydrogen-bond donors (Lipinski definition) is 1. The summed E-state index contributed by atoms with van der Waals surface area (Å²) in [6.45, 7) is 10.2. The number of likely N-dealkylation sites (tertiary alicyclic amines) is 1. The summed E-state index contributed by atoms with van der Waals surface area (Å²) in [4.78, 5) is 12.9. The fourth-order valence-electron chi connectivity index (χ4n) is 2.04. The Balaban J connectivity index is 2.15. The van der Waals surface area contributed by atoms with Crippen LogP contribution < -0.4 is 0 Å². The van der Waals surface area contributed by atoms with Gasteiger partial charge in [0.05, 0.1) is 0 Å². The Bertz CT molecular complexity index is 220. The number of nitrogens with zero attached hydrogens (tertiary/aromatic N) is 1. The van der Waals surface area contributed by atoms with Gasteiger partial charge in [-0.25, -0.2) is 0 Å². The Morgan fingerprint density at radius 1 is 1.40 bits per heavy atom. The van der Waals surface area contributed by atoms with E-state index >= 15 is 0 Å². The summed E-state index contributed by atoms with van der Waals surface area (Å²) in [5, 5.41) is 8.64. The highest BCUT2D eigenvalue weighted by Gasteiger charge is 2.25. The lowest BCUT2D eigenvalue weighted by Gasteiger charge is -2.39. The van der Waals surface area contributed by atoms with E-state index in [1.54, 1.807) is 0 Å². The Morgan fingerprint density at radius 2 is 2.00 bits per heavy atom. The van der Waals surface area contributed by atoms with Crippen LogP contribution in [0.2, 0.25) is 0 Å². The molecule has 1 aliphatic heterocycles. The Hall–Kier alpha value is -0.570. The molecule has 1 saturated heterocycles. The molecule has 0 aromatic rings. The molecular weight excluding hydrogens is 190 g/mol. The first kappa shape index (κ1) is 12.5. The van der Waals surface area contributed by atoms with Gasteiger partial charge in [0, 0.05) is 19.5 Å². The molecule has 1 N–H and O–H groups in total. The smallest absolute Gasteiger partial charge is 0.303 e. The number of carbonyl (C=O) groups is 1. The minimum atomic E-state index is -0.680. The summed E-state index contributed by atoms with van der Waals surface area (Å²) >= 11 is 0. The summed E-state index contributed by atoms with van der Waals surface area (Å²) in [6.07, 6.45) is 2.18. The van der Waals surface area contributed by atoms with E-state index in [1.807, 2.05) is 0 Å². The van der Waals surface area contributed by atoms with Crippen LogP contribution in [0.5, 0.6) is 0 Å². The van der Waals surface area contributed by atoms with Crippen molar-refractivity contribution in [3.8, 4) is 0 Å². The molecule has 0 amide bonds. The van der Waals surface area contributed by atoms with E-state index < -0.39 is 5.97 Å². The van der Waals surface area contributed by atoms with Crippen LogP contribution in [0.4, 0.5) is 0 Å². The van der Waals surface area contributed by atoms with E-state index in [0.29, 0.717) is 6.42 Å². The van der Waals surface area contributed by atoms with Gasteiger partial charge in [-0.3, -0.25) is 4.79 Å². The van der Waals surface area contributed by atoms with E-state index in [-0.39, 0.29) is 5.41 Å². The highest BCUT2D eigenvalue weighted by atomic mass is 16.4. The second-order valence-electron chi connectivity index (χ2n) is 5.67. The fraction of sp³-hybridized carbons (Fsp3) is 0.917. The van der Waals surface area contributed by atoms with Crippen LogP contribution in [0.1, 0.15) is 40.0 Å². The lowest BCUT2D eigenvalue weighted by Crippen LogP contribution is -2.46. The monoisotopic (exact) mass is 213 g/mol. The van der Waals surface area contributed by atoms with Gasteiger partial charge in [0.15, 0.2) is 0 Å². The number of aliphatic carboxylic acids is 1. The average molecular weight is 213 g/mol. The second kappa shape index (κ2) is 4.97. The third-order valence-electron chi connectivity index (χ3n) is 3.26. The van der Waals surface area contributed by atoms with Crippen LogP contribution in [-0.4, -0.2) is 35.6 Å². The summed E-state index contributed by atoms with van der Waals surface area (Å²) < 4.78 is 0. The molecule has 3 nitrogen and oxygen atoms in total. The predicted molar refractivity (Wildman–Crippen MR) is 60.9 cm³/mol. The van der Waals surface area contributed by atoms with Gasteiger partial charge in [-0.05, 0) is 30.7 Å². The normalized spacial score (nSPS) is 18.9. The molecule has 1 aliphatic rings. The topological polar surface area (TPSA) is 40.5 Å². The van der Waals surface area contributed by atoms with Crippen molar-refractivity contribution in [2.45, 2.75) is 40.0 Å². The number of hydrogen-bond acceptors (Lipinski definition) is 2. The molecule has 0 aromatic heterocycles. The van der Waals surface area contributed by atoms with Crippen molar-refractivity contribution in [3.63, 3.8) is 0 Å². The largest absolute Gasteiger partial charge is 0.481 e. The first-order valence-electron chi connectivity index (χ1n) is 5.83. The van der Waals surface area contributed by atoms with E-state index in [0.717, 1.165) is 25.3 Å². The first-order valence-corrected chi connectivity index (χ1v) is 5.83. The lowest BCUT2D eigenvalue weighted by atomic mass is 9.83. The van der Waals surface area contributed by atoms with E-state index in [4.69, 9.17) is 5.11 Å². The quantitative estimate of drug-likeness (QED) is 0.735. The molecule has 0 saturated carbocycles. The minimum Gasteiger partial charge on any atom is -0.481 e. The molecule has 0 unspecified atom stereocenters. The first-order chi connectivity index (χ1) is 6.89. The maximum atomic E-state index is 10.5. The SMILES string of the molecule is CC1CN(CCC(C)(C)CCC(=O)O)C1. The van der Waals surface area contributed by atoms with E-state index in [2.05, 4.69) is 25.7 Å². The van der Waals surface area contributed by atoms with Gasteiger partial charge in [0.2, 0.25) is 0 Å². The third kappa shape index (κ3) is 4.65.